The number of aromatic nitrogens is 2. The van der Waals surface area contributed by atoms with Crippen molar-refractivity contribution in [3.63, 3.8) is 0 Å². The summed E-state index contributed by atoms with van der Waals surface area (Å²) in [5.74, 6) is -0.104. The van der Waals surface area contributed by atoms with Crippen LogP contribution in [0.2, 0.25) is 0 Å². The van der Waals surface area contributed by atoms with Crippen LogP contribution in [-0.4, -0.2) is 17.1 Å². The minimum absolute atomic E-state index is 0.223. The molecule has 0 atom stereocenters. The van der Waals surface area contributed by atoms with Crippen LogP contribution >= 0.6 is 11.8 Å². The Hall–Kier alpha value is -2.02. The van der Waals surface area contributed by atoms with Gasteiger partial charge in [-0.05, 0) is 24.2 Å². The van der Waals surface area contributed by atoms with E-state index in [4.69, 9.17) is 10.5 Å². The first-order valence-corrected chi connectivity index (χ1v) is 7.26. The number of aromatic amines is 1. The summed E-state index contributed by atoms with van der Waals surface area (Å²) in [6.45, 7) is 2.00. The average molecular weight is 309 g/mol. The van der Waals surface area contributed by atoms with Crippen LogP contribution in [0.4, 0.5) is 10.1 Å². The summed E-state index contributed by atoms with van der Waals surface area (Å²) in [6, 6.07) is 4.13. The minimum Gasteiger partial charge on any atom is -0.495 e. The second-order valence-corrected chi connectivity index (χ2v) is 5.45. The number of benzene rings is 1. The third-order valence-corrected chi connectivity index (χ3v) is 3.69. The highest BCUT2D eigenvalue weighted by atomic mass is 32.2. The highest BCUT2D eigenvalue weighted by molar-refractivity contribution is 7.99. The molecule has 0 amide bonds. The zero-order chi connectivity index (χ0) is 15.4. The van der Waals surface area contributed by atoms with Gasteiger partial charge in [-0.25, -0.2) is 9.37 Å². The Morgan fingerprint density at radius 2 is 2.19 bits per heavy atom. The number of hydrogen-bond donors (Lipinski definition) is 2. The van der Waals surface area contributed by atoms with Crippen molar-refractivity contribution in [3.05, 3.63) is 40.1 Å². The number of nitrogens with one attached hydrogen (secondary N) is 1. The van der Waals surface area contributed by atoms with Crippen LogP contribution in [-0.2, 0) is 6.42 Å². The molecule has 112 valence electrons. The number of anilines is 1. The lowest BCUT2D eigenvalue weighted by atomic mass is 10.2. The molecule has 0 fully saturated rings. The Morgan fingerprint density at radius 3 is 2.86 bits per heavy atom. The van der Waals surface area contributed by atoms with E-state index in [0.29, 0.717) is 23.0 Å². The Kier molecular flexibility index (Phi) is 4.85. The summed E-state index contributed by atoms with van der Waals surface area (Å²) in [5, 5.41) is 0.344. The summed E-state index contributed by atoms with van der Waals surface area (Å²) in [4.78, 5) is 18.8. The van der Waals surface area contributed by atoms with Crippen molar-refractivity contribution < 1.29 is 9.13 Å². The van der Waals surface area contributed by atoms with Gasteiger partial charge < -0.3 is 15.5 Å². The largest absolute Gasteiger partial charge is 0.495 e. The summed E-state index contributed by atoms with van der Waals surface area (Å²) in [6.07, 6.45) is 1.58. The third kappa shape index (κ3) is 3.75. The molecule has 0 unspecified atom stereocenters. The van der Waals surface area contributed by atoms with E-state index in [1.807, 2.05) is 6.92 Å². The molecule has 21 heavy (non-hydrogen) atoms. The van der Waals surface area contributed by atoms with E-state index in [9.17, 15) is 9.18 Å². The summed E-state index contributed by atoms with van der Waals surface area (Å²) < 4.78 is 19.0. The zero-order valence-corrected chi connectivity index (χ0v) is 12.6. The fourth-order valence-corrected chi connectivity index (χ4v) is 2.67. The van der Waals surface area contributed by atoms with Crippen molar-refractivity contribution in [1.29, 1.82) is 0 Å². The standard InChI is InChI=1S/C14H16FN3O2S/c1-3-4-8-5-13(19)18-14(17-8)21-12-7-11(20-2)10(16)6-9(12)15/h5-7H,3-4,16H2,1-2H3,(H,17,18,19). The summed E-state index contributed by atoms with van der Waals surface area (Å²) in [7, 11) is 1.46. The Morgan fingerprint density at radius 1 is 1.43 bits per heavy atom. The number of nitrogen functional groups attached to an aromatic ring is 1. The van der Waals surface area contributed by atoms with Gasteiger partial charge in [0.1, 0.15) is 11.6 Å². The molecular formula is C14H16FN3O2S. The number of H-pyrrole nitrogens is 1. The van der Waals surface area contributed by atoms with Crippen LogP contribution in [0.5, 0.6) is 5.75 Å². The van der Waals surface area contributed by atoms with Crippen LogP contribution in [0.3, 0.4) is 0 Å². The van der Waals surface area contributed by atoms with Crippen molar-refractivity contribution >= 4 is 17.4 Å². The predicted molar refractivity (Wildman–Crippen MR) is 80.3 cm³/mol. The summed E-state index contributed by atoms with van der Waals surface area (Å²) >= 11 is 1.03. The van der Waals surface area contributed by atoms with Gasteiger partial charge in [-0.3, -0.25) is 4.79 Å². The number of aryl methyl sites for hydroxylation is 1. The van der Waals surface area contributed by atoms with Crippen molar-refractivity contribution in [2.75, 3.05) is 12.8 Å². The van der Waals surface area contributed by atoms with Gasteiger partial charge in [-0.15, -0.1) is 0 Å². The number of nitrogens with zero attached hydrogens (tertiary/aromatic N) is 1. The van der Waals surface area contributed by atoms with Crippen molar-refractivity contribution in [2.45, 2.75) is 29.8 Å². The van der Waals surface area contributed by atoms with E-state index in [1.54, 1.807) is 0 Å². The molecule has 7 heteroatoms. The first-order chi connectivity index (χ1) is 10.0. The van der Waals surface area contributed by atoms with Gasteiger partial charge in [0.25, 0.3) is 5.56 Å². The molecule has 0 bridgehead atoms. The number of halogens is 1. The topological polar surface area (TPSA) is 81.0 Å². The van der Waals surface area contributed by atoms with E-state index in [2.05, 4.69) is 9.97 Å². The Bertz CT molecular complexity index is 703. The molecule has 0 saturated heterocycles. The van der Waals surface area contributed by atoms with Crippen molar-refractivity contribution in [3.8, 4) is 5.75 Å². The van der Waals surface area contributed by atoms with Crippen LogP contribution in [0.1, 0.15) is 19.0 Å². The van der Waals surface area contributed by atoms with E-state index >= 15 is 0 Å². The van der Waals surface area contributed by atoms with E-state index in [-0.39, 0.29) is 16.1 Å². The maximum atomic E-state index is 13.9. The minimum atomic E-state index is -0.484. The monoisotopic (exact) mass is 309 g/mol. The van der Waals surface area contributed by atoms with Gasteiger partial charge in [0, 0.05) is 17.8 Å². The molecule has 3 N–H and O–H groups in total. The van der Waals surface area contributed by atoms with Crippen molar-refractivity contribution in [2.24, 2.45) is 0 Å². The molecular weight excluding hydrogens is 293 g/mol. The molecule has 1 aromatic carbocycles. The second-order valence-electron chi connectivity index (χ2n) is 4.42. The van der Waals surface area contributed by atoms with Gasteiger partial charge >= 0.3 is 0 Å². The van der Waals surface area contributed by atoms with Gasteiger partial charge in [0.15, 0.2) is 5.16 Å². The second kappa shape index (κ2) is 6.62. The Balaban J connectivity index is 2.35. The molecule has 0 radical (unpaired) electrons. The van der Waals surface area contributed by atoms with E-state index in [0.717, 1.165) is 18.2 Å². The first-order valence-electron chi connectivity index (χ1n) is 6.44. The fourth-order valence-electron chi connectivity index (χ4n) is 1.83. The van der Waals surface area contributed by atoms with Gasteiger partial charge in [0.2, 0.25) is 0 Å². The molecule has 1 heterocycles. The SMILES string of the molecule is CCCc1cc(=O)[nH]c(Sc2cc(OC)c(N)cc2F)n1. The molecule has 0 aliphatic rings. The fraction of sp³-hybridized carbons (Fsp3) is 0.286. The van der Waals surface area contributed by atoms with E-state index < -0.39 is 5.82 Å². The number of methoxy groups -OCH3 is 1. The van der Waals surface area contributed by atoms with Crippen LogP contribution in [0.15, 0.2) is 33.0 Å². The lowest BCUT2D eigenvalue weighted by Gasteiger charge is -2.09. The zero-order valence-electron chi connectivity index (χ0n) is 11.8. The lowest BCUT2D eigenvalue weighted by molar-refractivity contribution is 0.414. The smallest absolute Gasteiger partial charge is 0.251 e. The predicted octanol–water partition coefficient (Wildman–Crippen LogP) is 2.60. The molecule has 2 aromatic rings. The molecule has 0 aliphatic carbocycles. The van der Waals surface area contributed by atoms with Crippen LogP contribution in [0.25, 0.3) is 0 Å². The van der Waals surface area contributed by atoms with Gasteiger partial charge in [-0.1, -0.05) is 13.3 Å². The quantitative estimate of drug-likeness (QED) is 0.655. The molecule has 1 aromatic heterocycles. The van der Waals surface area contributed by atoms with E-state index in [1.165, 1.54) is 25.3 Å². The highest BCUT2D eigenvalue weighted by Crippen LogP contribution is 2.33. The number of nitrogens with two attached hydrogens (primary N) is 1. The molecule has 0 aliphatic heterocycles. The van der Waals surface area contributed by atoms with Crippen LogP contribution in [0, 0.1) is 5.82 Å². The number of hydrogen-bond acceptors (Lipinski definition) is 5. The van der Waals surface area contributed by atoms with Crippen molar-refractivity contribution in [1.82, 2.24) is 9.97 Å². The van der Waals surface area contributed by atoms with Gasteiger partial charge in [-0.2, -0.15) is 0 Å². The maximum absolute atomic E-state index is 13.9. The molecule has 5 nitrogen and oxygen atoms in total. The van der Waals surface area contributed by atoms with Crippen LogP contribution < -0.4 is 16.0 Å². The summed E-state index contributed by atoms with van der Waals surface area (Å²) in [5.41, 5.74) is 6.29. The normalized spacial score (nSPS) is 10.6. The average Bonchev–Trinajstić information content (AvgIpc) is 2.41. The number of ether oxygens (including phenoxy) is 1. The molecule has 2 rings (SSSR count). The first kappa shape index (κ1) is 15.4. The maximum Gasteiger partial charge on any atom is 0.251 e. The third-order valence-electron chi connectivity index (χ3n) is 2.77. The Labute approximate surface area is 125 Å². The van der Waals surface area contributed by atoms with Gasteiger partial charge in [0.05, 0.1) is 17.7 Å². The molecule has 0 saturated carbocycles. The lowest BCUT2D eigenvalue weighted by Crippen LogP contribution is -2.10. The molecule has 0 spiro atoms. The number of rotatable bonds is 5. The highest BCUT2D eigenvalue weighted by Gasteiger charge is 2.12.